The lowest BCUT2D eigenvalue weighted by Crippen LogP contribution is -2.03. The SMILES string of the molecule is O=C(O)c1cccc2c1Sc1ccccc1O2. The third-order valence-corrected chi connectivity index (χ3v) is 3.67. The van der Waals surface area contributed by atoms with Crippen LogP contribution >= 0.6 is 11.8 Å². The molecule has 0 saturated heterocycles. The first kappa shape index (κ1) is 10.2. The molecule has 3 nitrogen and oxygen atoms in total. The van der Waals surface area contributed by atoms with Gasteiger partial charge in [-0.3, -0.25) is 0 Å². The van der Waals surface area contributed by atoms with Crippen molar-refractivity contribution in [2.75, 3.05) is 0 Å². The number of benzene rings is 2. The molecule has 1 aliphatic rings. The molecule has 17 heavy (non-hydrogen) atoms. The summed E-state index contributed by atoms with van der Waals surface area (Å²) in [5.74, 6) is 0.443. The Hall–Kier alpha value is -1.94. The summed E-state index contributed by atoms with van der Waals surface area (Å²) in [6.45, 7) is 0. The van der Waals surface area contributed by atoms with Crippen LogP contribution in [0.3, 0.4) is 0 Å². The molecule has 0 saturated carbocycles. The molecule has 84 valence electrons. The van der Waals surface area contributed by atoms with Crippen LogP contribution in [-0.2, 0) is 0 Å². The normalized spacial score (nSPS) is 12.2. The third-order valence-electron chi connectivity index (χ3n) is 2.49. The van der Waals surface area contributed by atoms with E-state index in [-0.39, 0.29) is 5.56 Å². The molecule has 0 radical (unpaired) electrons. The number of para-hydroxylation sites is 1. The van der Waals surface area contributed by atoms with Gasteiger partial charge in [-0.05, 0) is 24.3 Å². The van der Waals surface area contributed by atoms with Crippen molar-refractivity contribution < 1.29 is 14.6 Å². The molecule has 1 N–H and O–H groups in total. The second-order valence-electron chi connectivity index (χ2n) is 3.59. The summed E-state index contributed by atoms with van der Waals surface area (Å²) in [4.78, 5) is 12.7. The maximum absolute atomic E-state index is 11.1. The van der Waals surface area contributed by atoms with Crippen LogP contribution in [-0.4, -0.2) is 11.1 Å². The van der Waals surface area contributed by atoms with Crippen molar-refractivity contribution in [2.45, 2.75) is 9.79 Å². The van der Waals surface area contributed by atoms with Gasteiger partial charge in [0.25, 0.3) is 0 Å². The maximum Gasteiger partial charge on any atom is 0.336 e. The van der Waals surface area contributed by atoms with Gasteiger partial charge in [0.15, 0.2) is 0 Å². The number of carbonyl (C=O) groups is 1. The van der Waals surface area contributed by atoms with E-state index in [1.807, 2.05) is 24.3 Å². The second-order valence-corrected chi connectivity index (χ2v) is 4.64. The average molecular weight is 244 g/mol. The highest BCUT2D eigenvalue weighted by Crippen LogP contribution is 2.48. The fourth-order valence-corrected chi connectivity index (χ4v) is 2.77. The van der Waals surface area contributed by atoms with Gasteiger partial charge in [-0.25, -0.2) is 4.79 Å². The first-order valence-corrected chi connectivity index (χ1v) is 5.88. The highest BCUT2D eigenvalue weighted by Gasteiger charge is 2.22. The van der Waals surface area contributed by atoms with E-state index in [0.29, 0.717) is 10.6 Å². The Morgan fingerprint density at radius 2 is 1.82 bits per heavy atom. The molecule has 0 spiro atoms. The second kappa shape index (κ2) is 3.82. The quantitative estimate of drug-likeness (QED) is 0.709. The molecule has 0 fully saturated rings. The van der Waals surface area contributed by atoms with E-state index in [0.717, 1.165) is 10.6 Å². The Bertz CT molecular complexity index is 607. The van der Waals surface area contributed by atoms with Crippen LogP contribution in [0.25, 0.3) is 0 Å². The Morgan fingerprint density at radius 1 is 1.06 bits per heavy atom. The number of ether oxygens (including phenoxy) is 1. The van der Waals surface area contributed by atoms with E-state index in [4.69, 9.17) is 9.84 Å². The van der Waals surface area contributed by atoms with Crippen molar-refractivity contribution in [3.8, 4) is 11.5 Å². The summed E-state index contributed by atoms with van der Waals surface area (Å²) in [6.07, 6.45) is 0. The number of hydrogen-bond donors (Lipinski definition) is 1. The van der Waals surface area contributed by atoms with E-state index in [9.17, 15) is 4.79 Å². The predicted octanol–water partition coefficient (Wildman–Crippen LogP) is 3.64. The molecule has 0 aromatic heterocycles. The molecule has 0 unspecified atom stereocenters. The molecule has 1 heterocycles. The van der Waals surface area contributed by atoms with Crippen molar-refractivity contribution in [3.63, 3.8) is 0 Å². The molecule has 0 atom stereocenters. The molecule has 2 aromatic carbocycles. The summed E-state index contributed by atoms with van der Waals surface area (Å²) >= 11 is 1.43. The van der Waals surface area contributed by atoms with Gasteiger partial charge in [0.05, 0.1) is 15.4 Å². The summed E-state index contributed by atoms with van der Waals surface area (Å²) in [6, 6.07) is 12.7. The van der Waals surface area contributed by atoms with Gasteiger partial charge in [-0.2, -0.15) is 0 Å². The summed E-state index contributed by atoms with van der Waals surface area (Å²) in [7, 11) is 0. The van der Waals surface area contributed by atoms with Crippen LogP contribution in [0.5, 0.6) is 11.5 Å². The van der Waals surface area contributed by atoms with E-state index < -0.39 is 5.97 Å². The van der Waals surface area contributed by atoms with Crippen molar-refractivity contribution in [1.82, 2.24) is 0 Å². The van der Waals surface area contributed by atoms with Crippen LogP contribution in [0.1, 0.15) is 10.4 Å². The fourth-order valence-electron chi connectivity index (χ4n) is 1.72. The standard InChI is InChI=1S/C13H8O3S/c14-13(15)8-4-3-6-10-12(8)17-11-7-2-1-5-9(11)16-10/h1-7H,(H,14,15). The molecule has 0 bridgehead atoms. The van der Waals surface area contributed by atoms with Gasteiger partial charge in [0.2, 0.25) is 0 Å². The lowest BCUT2D eigenvalue weighted by atomic mass is 10.2. The Labute approximate surface area is 102 Å². The van der Waals surface area contributed by atoms with Crippen molar-refractivity contribution >= 4 is 17.7 Å². The van der Waals surface area contributed by atoms with Crippen molar-refractivity contribution in [1.29, 1.82) is 0 Å². The van der Waals surface area contributed by atoms with Gasteiger partial charge < -0.3 is 9.84 Å². The third kappa shape index (κ3) is 1.66. The summed E-state index contributed by atoms with van der Waals surface area (Å²) < 4.78 is 5.68. The zero-order valence-electron chi connectivity index (χ0n) is 8.71. The summed E-state index contributed by atoms with van der Waals surface area (Å²) in [5.41, 5.74) is 0.280. The highest BCUT2D eigenvalue weighted by atomic mass is 32.2. The van der Waals surface area contributed by atoms with Gasteiger partial charge in [0.1, 0.15) is 11.5 Å². The molecule has 2 aromatic rings. The number of fused-ring (bicyclic) bond motifs is 2. The van der Waals surface area contributed by atoms with Gasteiger partial charge in [-0.15, -0.1) is 0 Å². The fraction of sp³-hybridized carbons (Fsp3) is 0. The van der Waals surface area contributed by atoms with Crippen LogP contribution in [0.4, 0.5) is 0 Å². The van der Waals surface area contributed by atoms with E-state index in [2.05, 4.69) is 0 Å². The largest absolute Gasteiger partial charge is 0.478 e. The number of aromatic carboxylic acids is 1. The van der Waals surface area contributed by atoms with E-state index >= 15 is 0 Å². The average Bonchev–Trinajstić information content (AvgIpc) is 2.35. The molecule has 3 rings (SSSR count). The molecule has 0 aliphatic carbocycles. The number of rotatable bonds is 1. The van der Waals surface area contributed by atoms with Crippen LogP contribution in [0.15, 0.2) is 52.3 Å². The van der Waals surface area contributed by atoms with Gasteiger partial charge >= 0.3 is 5.97 Å². The van der Waals surface area contributed by atoms with E-state index in [1.54, 1.807) is 18.2 Å². The predicted molar refractivity (Wildman–Crippen MR) is 64.0 cm³/mol. The molecular formula is C13H8O3S. The van der Waals surface area contributed by atoms with Gasteiger partial charge in [-0.1, -0.05) is 30.0 Å². The molecular weight excluding hydrogens is 236 g/mol. The Balaban J connectivity index is 2.15. The molecule has 0 amide bonds. The maximum atomic E-state index is 11.1. The lowest BCUT2D eigenvalue weighted by Gasteiger charge is -2.20. The number of hydrogen-bond acceptors (Lipinski definition) is 3. The first-order chi connectivity index (χ1) is 8.25. The van der Waals surface area contributed by atoms with Crippen LogP contribution < -0.4 is 4.74 Å². The Morgan fingerprint density at radius 3 is 2.65 bits per heavy atom. The van der Waals surface area contributed by atoms with Crippen molar-refractivity contribution in [3.05, 3.63) is 48.0 Å². The minimum absolute atomic E-state index is 0.280. The monoisotopic (exact) mass is 244 g/mol. The zero-order chi connectivity index (χ0) is 11.8. The molecule has 1 aliphatic heterocycles. The van der Waals surface area contributed by atoms with Crippen LogP contribution in [0.2, 0.25) is 0 Å². The van der Waals surface area contributed by atoms with E-state index in [1.165, 1.54) is 11.8 Å². The minimum atomic E-state index is -0.933. The van der Waals surface area contributed by atoms with Crippen LogP contribution in [0, 0.1) is 0 Å². The summed E-state index contributed by atoms with van der Waals surface area (Å²) in [5, 5.41) is 9.12. The smallest absolute Gasteiger partial charge is 0.336 e. The topological polar surface area (TPSA) is 46.5 Å². The highest BCUT2D eigenvalue weighted by molar-refractivity contribution is 7.99. The zero-order valence-corrected chi connectivity index (χ0v) is 9.53. The number of carboxylic acids is 1. The van der Waals surface area contributed by atoms with Gasteiger partial charge in [0, 0.05) is 0 Å². The molecule has 4 heteroatoms. The minimum Gasteiger partial charge on any atom is -0.478 e. The lowest BCUT2D eigenvalue weighted by molar-refractivity contribution is 0.0692. The van der Waals surface area contributed by atoms with Crippen molar-refractivity contribution in [2.24, 2.45) is 0 Å². The Kier molecular flexibility index (Phi) is 2.30. The first-order valence-electron chi connectivity index (χ1n) is 5.07. The number of carboxylic acid groups (broad SMARTS) is 1.